The first-order chi connectivity index (χ1) is 26.9. The van der Waals surface area contributed by atoms with Crippen LogP contribution in [-0.4, -0.2) is 0 Å². The molecule has 55 heavy (non-hydrogen) atoms. The van der Waals surface area contributed by atoms with E-state index in [0.29, 0.717) is 0 Å². The van der Waals surface area contributed by atoms with Crippen LogP contribution in [0.1, 0.15) is 48.6 Å². The van der Waals surface area contributed by atoms with Crippen LogP contribution in [0.5, 0.6) is 0 Å². The molecular formula is C53H39NO. The van der Waals surface area contributed by atoms with Crippen molar-refractivity contribution in [2.45, 2.75) is 31.6 Å². The molecule has 0 amide bonds. The van der Waals surface area contributed by atoms with Gasteiger partial charge in [-0.1, -0.05) is 153 Å². The Morgan fingerprint density at radius 2 is 1.05 bits per heavy atom. The molecule has 0 N–H and O–H groups in total. The molecule has 11 rings (SSSR count). The molecule has 0 saturated heterocycles. The summed E-state index contributed by atoms with van der Waals surface area (Å²) in [5.74, 6) is 0. The van der Waals surface area contributed by atoms with Gasteiger partial charge in [-0.25, -0.2) is 0 Å². The van der Waals surface area contributed by atoms with E-state index in [9.17, 15) is 0 Å². The molecule has 1 atom stereocenters. The van der Waals surface area contributed by atoms with Crippen molar-refractivity contribution in [1.29, 1.82) is 0 Å². The molecule has 262 valence electrons. The molecule has 9 aromatic rings. The van der Waals surface area contributed by atoms with Crippen LogP contribution in [0.3, 0.4) is 0 Å². The van der Waals surface area contributed by atoms with Crippen molar-refractivity contribution in [3.8, 4) is 33.4 Å². The molecule has 0 fully saturated rings. The maximum atomic E-state index is 6.49. The average Bonchev–Trinajstić information content (AvgIpc) is 3.83. The number of para-hydroxylation sites is 1. The predicted octanol–water partition coefficient (Wildman–Crippen LogP) is 14.4. The molecule has 2 aliphatic carbocycles. The van der Waals surface area contributed by atoms with Gasteiger partial charge in [-0.15, -0.1) is 0 Å². The molecule has 8 aromatic carbocycles. The van der Waals surface area contributed by atoms with Crippen LogP contribution in [-0.2, 0) is 10.8 Å². The molecule has 0 radical (unpaired) electrons. The minimum Gasteiger partial charge on any atom is -0.456 e. The molecule has 0 saturated carbocycles. The smallest absolute Gasteiger partial charge is 0.137 e. The zero-order chi connectivity index (χ0) is 36.9. The predicted molar refractivity (Wildman–Crippen MR) is 229 cm³/mol. The zero-order valence-corrected chi connectivity index (χ0v) is 31.2. The molecule has 1 heterocycles. The minimum absolute atomic E-state index is 0.129. The Labute approximate surface area is 322 Å². The minimum atomic E-state index is -0.323. The standard InChI is InChI=1S/C53H39NO/c1-52(2)44-25-10-7-21-40(44)42-24-14-23-38(51(42)52)34-16-13-19-36(32-34)54(47-27-15-29-49-50(47)43-22-9-12-28-48(43)55-49)37-30-31-41-39-20-8-11-26-45(39)53(3,46(41)33-37)35-17-5-4-6-18-35/h4-33H,1-3H3. The lowest BCUT2D eigenvalue weighted by Gasteiger charge is -2.31. The fourth-order valence-corrected chi connectivity index (χ4v) is 9.97. The summed E-state index contributed by atoms with van der Waals surface area (Å²) in [5, 5.41) is 2.22. The number of fused-ring (bicyclic) bond motifs is 9. The topological polar surface area (TPSA) is 16.4 Å². The molecule has 1 aromatic heterocycles. The second kappa shape index (κ2) is 11.7. The van der Waals surface area contributed by atoms with E-state index < -0.39 is 0 Å². The molecule has 0 aliphatic heterocycles. The zero-order valence-electron chi connectivity index (χ0n) is 31.2. The van der Waals surface area contributed by atoms with E-state index in [1.165, 1.54) is 61.2 Å². The third kappa shape index (κ3) is 4.49. The van der Waals surface area contributed by atoms with Crippen molar-refractivity contribution < 1.29 is 4.42 Å². The molecule has 2 nitrogen and oxygen atoms in total. The van der Waals surface area contributed by atoms with Gasteiger partial charge in [0.15, 0.2) is 0 Å². The van der Waals surface area contributed by atoms with E-state index in [4.69, 9.17) is 4.42 Å². The van der Waals surface area contributed by atoms with Gasteiger partial charge in [-0.2, -0.15) is 0 Å². The van der Waals surface area contributed by atoms with Gasteiger partial charge in [0, 0.05) is 27.6 Å². The average molecular weight is 706 g/mol. The Morgan fingerprint density at radius 1 is 0.436 bits per heavy atom. The highest BCUT2D eigenvalue weighted by atomic mass is 16.3. The largest absolute Gasteiger partial charge is 0.456 e. The van der Waals surface area contributed by atoms with Gasteiger partial charge in [0.05, 0.1) is 11.1 Å². The normalized spacial score (nSPS) is 16.1. The lowest BCUT2D eigenvalue weighted by Crippen LogP contribution is -2.22. The Bertz CT molecular complexity index is 2990. The SMILES string of the molecule is CC1(C)c2ccccc2-c2cccc(-c3cccc(N(c4ccc5c(c4)C(C)(c4ccccc4)c4ccccc4-5)c4cccc5oc6ccccc6c45)c3)c21. The highest BCUT2D eigenvalue weighted by molar-refractivity contribution is 6.13. The molecule has 2 aliphatic rings. The number of hydrogen-bond donors (Lipinski definition) is 0. The maximum Gasteiger partial charge on any atom is 0.137 e. The Balaban J connectivity index is 1.16. The number of furan rings is 1. The van der Waals surface area contributed by atoms with Gasteiger partial charge in [-0.3, -0.25) is 0 Å². The lowest BCUT2D eigenvalue weighted by molar-refractivity contribution is 0.662. The molecule has 0 spiro atoms. The fourth-order valence-electron chi connectivity index (χ4n) is 9.97. The van der Waals surface area contributed by atoms with Crippen LogP contribution in [0.4, 0.5) is 17.1 Å². The van der Waals surface area contributed by atoms with E-state index in [1.807, 2.05) is 6.07 Å². The van der Waals surface area contributed by atoms with Crippen LogP contribution in [0.15, 0.2) is 186 Å². The number of rotatable bonds is 5. The quantitative estimate of drug-likeness (QED) is 0.177. The third-order valence-corrected chi connectivity index (χ3v) is 12.5. The summed E-state index contributed by atoms with van der Waals surface area (Å²) in [6, 6.07) is 66.7. The van der Waals surface area contributed by atoms with Gasteiger partial charge in [-0.05, 0) is 111 Å². The summed E-state index contributed by atoms with van der Waals surface area (Å²) in [6.45, 7) is 7.13. The lowest BCUT2D eigenvalue weighted by atomic mass is 9.74. The van der Waals surface area contributed by atoms with Gasteiger partial charge in [0.25, 0.3) is 0 Å². The van der Waals surface area contributed by atoms with Crippen LogP contribution in [0.25, 0.3) is 55.3 Å². The molecule has 0 bridgehead atoms. The van der Waals surface area contributed by atoms with Crippen LogP contribution in [0.2, 0.25) is 0 Å². The van der Waals surface area contributed by atoms with Gasteiger partial charge < -0.3 is 9.32 Å². The van der Waals surface area contributed by atoms with Crippen molar-refractivity contribution >= 4 is 39.0 Å². The van der Waals surface area contributed by atoms with Gasteiger partial charge in [0.1, 0.15) is 11.2 Å². The summed E-state index contributed by atoms with van der Waals surface area (Å²) in [4.78, 5) is 2.45. The molecular weight excluding hydrogens is 667 g/mol. The fraction of sp³-hybridized carbons (Fsp3) is 0.0943. The maximum absolute atomic E-state index is 6.49. The first-order valence-electron chi connectivity index (χ1n) is 19.3. The van der Waals surface area contributed by atoms with Crippen molar-refractivity contribution in [2.75, 3.05) is 4.90 Å². The molecule has 1 unspecified atom stereocenters. The number of nitrogens with zero attached hydrogens (tertiary/aromatic N) is 1. The van der Waals surface area contributed by atoms with Gasteiger partial charge in [0.2, 0.25) is 0 Å². The Hall–Kier alpha value is -6.64. The Morgan fingerprint density at radius 3 is 1.91 bits per heavy atom. The monoisotopic (exact) mass is 705 g/mol. The number of hydrogen-bond acceptors (Lipinski definition) is 2. The van der Waals surface area contributed by atoms with E-state index in [0.717, 1.165) is 39.0 Å². The van der Waals surface area contributed by atoms with E-state index in [-0.39, 0.29) is 10.8 Å². The van der Waals surface area contributed by atoms with Gasteiger partial charge >= 0.3 is 0 Å². The first-order valence-corrected chi connectivity index (χ1v) is 19.3. The second-order valence-corrected chi connectivity index (χ2v) is 15.8. The highest BCUT2D eigenvalue weighted by Crippen LogP contribution is 2.55. The summed E-state index contributed by atoms with van der Waals surface area (Å²) in [5.41, 5.74) is 19.0. The van der Waals surface area contributed by atoms with Crippen molar-refractivity contribution in [3.63, 3.8) is 0 Å². The summed E-state index contributed by atoms with van der Waals surface area (Å²) in [7, 11) is 0. The highest BCUT2D eigenvalue weighted by Gasteiger charge is 2.41. The summed E-state index contributed by atoms with van der Waals surface area (Å²) >= 11 is 0. The number of benzene rings is 8. The van der Waals surface area contributed by atoms with Crippen LogP contribution in [0, 0.1) is 0 Å². The first kappa shape index (κ1) is 31.8. The third-order valence-electron chi connectivity index (χ3n) is 12.5. The van der Waals surface area contributed by atoms with Crippen molar-refractivity contribution in [2.24, 2.45) is 0 Å². The van der Waals surface area contributed by atoms with E-state index in [2.05, 4.69) is 202 Å². The van der Waals surface area contributed by atoms with Crippen molar-refractivity contribution in [3.05, 3.63) is 210 Å². The number of anilines is 3. The summed E-state index contributed by atoms with van der Waals surface area (Å²) in [6.07, 6.45) is 0. The Kier molecular flexibility index (Phi) is 6.76. The second-order valence-electron chi connectivity index (χ2n) is 15.8. The summed E-state index contributed by atoms with van der Waals surface area (Å²) < 4.78 is 6.49. The van der Waals surface area contributed by atoms with Crippen LogP contribution < -0.4 is 4.90 Å². The molecule has 2 heteroatoms. The van der Waals surface area contributed by atoms with E-state index in [1.54, 1.807) is 0 Å². The van der Waals surface area contributed by atoms with E-state index >= 15 is 0 Å². The van der Waals surface area contributed by atoms with Crippen LogP contribution >= 0.6 is 0 Å². The van der Waals surface area contributed by atoms with Crippen molar-refractivity contribution in [1.82, 2.24) is 0 Å².